The number of phenolic OH excluding ortho intramolecular Hbond substituents is 1. The third kappa shape index (κ3) is 9.77. The molecule has 55 heavy (non-hydrogen) atoms. The number of para-hydroxylation sites is 1. The molecule has 1 fully saturated rings. The molecule has 292 valence electrons. The van der Waals surface area contributed by atoms with Crippen molar-refractivity contribution in [1.29, 1.82) is 0 Å². The van der Waals surface area contributed by atoms with E-state index in [9.17, 15) is 53.7 Å². The van der Waals surface area contributed by atoms with E-state index in [-0.39, 0.29) is 27.8 Å². The second-order valence-corrected chi connectivity index (χ2v) is 15.0. The maximum Gasteiger partial charge on any atom is 0.364 e. The summed E-state index contributed by atoms with van der Waals surface area (Å²) in [5.74, 6) is -5.06. The van der Waals surface area contributed by atoms with E-state index in [1.165, 1.54) is 42.5 Å². The normalized spacial score (nSPS) is 21.0. The molecule has 1 aliphatic rings. The van der Waals surface area contributed by atoms with E-state index in [1.54, 1.807) is 36.4 Å². The molecular formula is C36H35Cl2N3O13S. The SMILES string of the molecule is O=C(Cc1ccc(-c2ccc(O)cc2)cc1)NC[C@@H](O)C(O)C1O[C@@](OCc2cccc(Cl)c2Cl)(C(=O)O)C[C@@H](O)C1NS(=O)(=O)c1ccccc1[N+](=O)[O-]. The van der Waals surface area contributed by atoms with Crippen molar-refractivity contribution in [2.24, 2.45) is 0 Å². The number of sulfonamides is 1. The maximum absolute atomic E-state index is 13.5. The lowest BCUT2D eigenvalue weighted by molar-refractivity contribution is -0.387. The monoisotopic (exact) mass is 819 g/mol. The molecular weight excluding hydrogens is 785 g/mol. The van der Waals surface area contributed by atoms with E-state index in [0.717, 1.165) is 23.3 Å². The molecule has 0 bridgehead atoms. The number of rotatable bonds is 15. The molecule has 0 aromatic heterocycles. The van der Waals surface area contributed by atoms with Gasteiger partial charge < -0.3 is 40.3 Å². The number of carboxylic acids is 1. The minimum Gasteiger partial charge on any atom is -0.508 e. The Balaban J connectivity index is 1.36. The van der Waals surface area contributed by atoms with Crippen LogP contribution in [0.1, 0.15) is 17.5 Å². The minimum atomic E-state index is -4.89. The summed E-state index contributed by atoms with van der Waals surface area (Å²) < 4.78 is 40.5. The van der Waals surface area contributed by atoms with Crippen LogP contribution in [-0.2, 0) is 42.1 Å². The Morgan fingerprint density at radius 3 is 2.25 bits per heavy atom. The molecule has 0 saturated carbocycles. The number of nitrogens with one attached hydrogen (secondary N) is 2. The summed E-state index contributed by atoms with van der Waals surface area (Å²) in [6.07, 6.45) is -9.38. The van der Waals surface area contributed by atoms with Gasteiger partial charge in [-0.1, -0.05) is 83.9 Å². The van der Waals surface area contributed by atoms with Crippen LogP contribution in [0.4, 0.5) is 5.69 Å². The molecule has 4 aromatic rings. The van der Waals surface area contributed by atoms with Crippen LogP contribution in [0.2, 0.25) is 10.0 Å². The van der Waals surface area contributed by atoms with Crippen LogP contribution < -0.4 is 10.0 Å². The van der Waals surface area contributed by atoms with E-state index >= 15 is 0 Å². The van der Waals surface area contributed by atoms with Crippen LogP contribution in [0, 0.1) is 10.1 Å². The van der Waals surface area contributed by atoms with Gasteiger partial charge in [0.15, 0.2) is 4.90 Å². The Kier molecular flexibility index (Phi) is 13.1. The smallest absolute Gasteiger partial charge is 0.364 e. The number of nitro groups is 1. The summed E-state index contributed by atoms with van der Waals surface area (Å²) in [6, 6.07) is 20.2. The topological polar surface area (TPSA) is 255 Å². The second-order valence-electron chi connectivity index (χ2n) is 12.6. The second kappa shape index (κ2) is 17.4. The highest BCUT2D eigenvalue weighted by molar-refractivity contribution is 7.89. The van der Waals surface area contributed by atoms with E-state index in [2.05, 4.69) is 10.0 Å². The number of aliphatic carboxylic acids is 1. The highest BCUT2D eigenvalue weighted by Gasteiger charge is 2.56. The fraction of sp³-hybridized carbons (Fsp3) is 0.278. The van der Waals surface area contributed by atoms with Gasteiger partial charge >= 0.3 is 5.97 Å². The number of phenols is 1. The zero-order valence-electron chi connectivity index (χ0n) is 28.5. The number of aliphatic hydroxyl groups excluding tert-OH is 3. The molecule has 1 heterocycles. The molecule has 7 N–H and O–H groups in total. The number of amides is 1. The lowest BCUT2D eigenvalue weighted by Crippen LogP contribution is -2.68. The largest absolute Gasteiger partial charge is 0.508 e. The zero-order valence-corrected chi connectivity index (χ0v) is 30.8. The molecule has 1 amide bonds. The molecule has 5 rings (SSSR count). The predicted octanol–water partition coefficient (Wildman–Crippen LogP) is 3.15. The number of hydrogen-bond donors (Lipinski definition) is 7. The van der Waals surface area contributed by atoms with Crippen LogP contribution in [-0.4, -0.2) is 93.5 Å². The fourth-order valence-electron chi connectivity index (χ4n) is 5.89. The van der Waals surface area contributed by atoms with Crippen LogP contribution in [0.15, 0.2) is 95.9 Å². The summed E-state index contributed by atoms with van der Waals surface area (Å²) in [5, 5.41) is 67.8. The van der Waals surface area contributed by atoms with Gasteiger partial charge in [0.25, 0.3) is 11.5 Å². The van der Waals surface area contributed by atoms with Crippen molar-refractivity contribution in [3.05, 3.63) is 122 Å². The van der Waals surface area contributed by atoms with Gasteiger partial charge in [0, 0.05) is 19.0 Å². The van der Waals surface area contributed by atoms with Gasteiger partial charge in [-0.3, -0.25) is 14.9 Å². The van der Waals surface area contributed by atoms with Crippen LogP contribution in [0.5, 0.6) is 5.75 Å². The number of nitrogens with zero attached hydrogens (tertiary/aromatic N) is 1. The first-order valence-electron chi connectivity index (χ1n) is 16.4. The van der Waals surface area contributed by atoms with Gasteiger partial charge in [-0.05, 0) is 46.5 Å². The standard InChI is InChI=1S/C36H35Cl2N3O13S/c37-25-5-3-4-23(31(25)38)19-53-36(35(47)48)17-27(43)32(40-55(51,52)29-7-2-1-6-26(29)41(49)50)34(54-36)33(46)28(44)18-39-30(45)16-20-8-10-21(11-9-20)22-12-14-24(42)15-13-22/h1-15,27-28,32-34,40,42-44,46H,16-19H2,(H,39,45)(H,47,48)/t27-,28-,32?,33?,34?,36-/m1/s1. The average molecular weight is 821 g/mol. The fourth-order valence-corrected chi connectivity index (χ4v) is 7.72. The number of aliphatic hydroxyl groups is 3. The lowest BCUT2D eigenvalue weighted by atomic mass is 9.89. The Morgan fingerprint density at radius 1 is 0.982 bits per heavy atom. The molecule has 16 nitrogen and oxygen atoms in total. The van der Waals surface area contributed by atoms with Crippen LogP contribution in [0.25, 0.3) is 11.1 Å². The first kappa shape index (κ1) is 41.5. The van der Waals surface area contributed by atoms with E-state index in [1.807, 2.05) is 0 Å². The number of carbonyl (C=O) groups is 2. The summed E-state index contributed by atoms with van der Waals surface area (Å²) in [5.41, 5.74) is 1.62. The number of carboxylic acid groups (broad SMARTS) is 1. The number of ether oxygens (including phenoxy) is 2. The third-order valence-corrected chi connectivity index (χ3v) is 11.2. The first-order valence-corrected chi connectivity index (χ1v) is 18.7. The Labute approximate surface area is 324 Å². The van der Waals surface area contributed by atoms with Crippen molar-refractivity contribution in [1.82, 2.24) is 10.0 Å². The average Bonchev–Trinajstić information content (AvgIpc) is 3.15. The van der Waals surface area contributed by atoms with Gasteiger partial charge in [0.1, 0.15) is 18.0 Å². The predicted molar refractivity (Wildman–Crippen MR) is 197 cm³/mol. The van der Waals surface area contributed by atoms with Crippen molar-refractivity contribution < 1.29 is 57.9 Å². The number of nitro benzene ring substituents is 1. The van der Waals surface area contributed by atoms with Crippen molar-refractivity contribution >= 4 is 50.8 Å². The van der Waals surface area contributed by atoms with E-state index in [4.69, 9.17) is 32.7 Å². The number of benzene rings is 4. The van der Waals surface area contributed by atoms with Gasteiger partial charge in [0.05, 0.1) is 46.2 Å². The van der Waals surface area contributed by atoms with Gasteiger partial charge in [-0.25, -0.2) is 17.9 Å². The van der Waals surface area contributed by atoms with Gasteiger partial charge in [-0.15, -0.1) is 0 Å². The van der Waals surface area contributed by atoms with Crippen molar-refractivity contribution in [3.8, 4) is 16.9 Å². The highest BCUT2D eigenvalue weighted by atomic mass is 35.5. The van der Waals surface area contributed by atoms with Crippen molar-refractivity contribution in [2.75, 3.05) is 6.54 Å². The van der Waals surface area contributed by atoms with Crippen molar-refractivity contribution in [3.63, 3.8) is 0 Å². The van der Waals surface area contributed by atoms with Gasteiger partial charge in [0.2, 0.25) is 15.9 Å². The van der Waals surface area contributed by atoms with Crippen molar-refractivity contribution in [2.45, 2.75) is 60.6 Å². The van der Waals surface area contributed by atoms with Crippen LogP contribution in [0.3, 0.4) is 0 Å². The maximum atomic E-state index is 13.5. The molecule has 1 aliphatic heterocycles. The number of hydrogen-bond acceptors (Lipinski definition) is 12. The highest BCUT2D eigenvalue weighted by Crippen LogP contribution is 2.37. The summed E-state index contributed by atoms with van der Waals surface area (Å²) in [4.78, 5) is 35.4. The quantitative estimate of drug-likeness (QED) is 0.0673. The molecule has 6 atom stereocenters. The summed E-state index contributed by atoms with van der Waals surface area (Å²) >= 11 is 12.3. The Morgan fingerprint density at radius 2 is 1.62 bits per heavy atom. The van der Waals surface area contributed by atoms with E-state index in [0.29, 0.717) is 5.56 Å². The van der Waals surface area contributed by atoms with E-state index < -0.39 is 93.2 Å². The minimum absolute atomic E-state index is 0.0205. The third-order valence-electron chi connectivity index (χ3n) is 8.79. The number of aromatic hydroxyl groups is 1. The summed E-state index contributed by atoms with van der Waals surface area (Å²) in [7, 11) is -4.89. The Bertz CT molecular complexity index is 2140. The lowest BCUT2D eigenvalue weighted by Gasteiger charge is -2.46. The molecule has 0 spiro atoms. The molecule has 0 radical (unpaired) electrons. The van der Waals surface area contributed by atoms with Gasteiger partial charge in [-0.2, -0.15) is 0 Å². The molecule has 0 aliphatic carbocycles. The number of halogens is 2. The Hall–Kier alpha value is -4.69. The molecule has 1 saturated heterocycles. The molecule has 4 aromatic carbocycles. The number of carbonyl (C=O) groups excluding carboxylic acids is 1. The molecule has 3 unspecified atom stereocenters. The summed E-state index contributed by atoms with van der Waals surface area (Å²) in [6.45, 7) is -1.20. The molecule has 19 heteroatoms. The zero-order chi connectivity index (χ0) is 40.1. The van der Waals surface area contributed by atoms with Crippen LogP contribution >= 0.6 is 23.2 Å². The first-order chi connectivity index (χ1) is 26.0.